The third kappa shape index (κ3) is 3.51. The molecular weight excluding hydrogens is 373 g/mol. The van der Waals surface area contributed by atoms with Crippen molar-refractivity contribution in [1.29, 1.82) is 0 Å². The highest BCUT2D eigenvalue weighted by Crippen LogP contribution is 3.01. The number of aromatic nitrogens is 1. The van der Waals surface area contributed by atoms with Gasteiger partial charge in [0.1, 0.15) is 0 Å². The van der Waals surface area contributed by atoms with E-state index in [1.807, 2.05) is 0 Å². The van der Waals surface area contributed by atoms with Crippen LogP contribution in [0.4, 0.5) is 37.3 Å². The molecule has 126 valence electrons. The molecule has 0 aliphatic carbocycles. The lowest BCUT2D eigenvalue weighted by atomic mass is 10.1. The zero-order valence-corrected chi connectivity index (χ0v) is 11.5. The maximum absolute atomic E-state index is 12.7. The molecule has 0 unspecified atom stereocenters. The summed E-state index contributed by atoms with van der Waals surface area (Å²) in [5.41, 5.74) is -2.86. The summed E-state index contributed by atoms with van der Waals surface area (Å²) in [4.78, 5) is 2.49. The van der Waals surface area contributed by atoms with E-state index in [2.05, 4.69) is 4.98 Å². The Hall–Kier alpha value is -1.36. The van der Waals surface area contributed by atoms with Crippen LogP contribution in [0.2, 0.25) is 5.02 Å². The Balaban J connectivity index is 0.00000242. The Kier molecular flexibility index (Phi) is 3.69. The molecule has 0 N–H and O–H groups in total. The third-order valence-corrected chi connectivity index (χ3v) is 3.78. The van der Waals surface area contributed by atoms with Crippen molar-refractivity contribution in [1.82, 2.24) is 4.98 Å². The van der Waals surface area contributed by atoms with Crippen molar-refractivity contribution in [3.05, 3.63) is 34.9 Å². The molecule has 12 heteroatoms. The Morgan fingerprint density at radius 2 is 1.55 bits per heavy atom. The maximum Gasteiger partial charge on any atom is 0.418 e. The molecule has 0 fully saturated rings. The Morgan fingerprint density at radius 1 is 1.00 bits per heavy atom. The summed E-state index contributed by atoms with van der Waals surface area (Å²) >= 11 is 5.39. The molecule has 0 bridgehead atoms. The van der Waals surface area contributed by atoms with Gasteiger partial charge in [0, 0.05) is 5.39 Å². The molecule has 0 amide bonds. The van der Waals surface area contributed by atoms with Crippen LogP contribution >= 0.6 is 21.8 Å². The molecule has 2 aromatic rings. The highest BCUT2D eigenvalue weighted by molar-refractivity contribution is 8.45. The number of fused-ring (bicyclic) bond motifs is 1. The lowest BCUT2D eigenvalue weighted by molar-refractivity contribution is -0.136. The molecule has 1 aromatic heterocycles. The molecule has 0 aliphatic rings. The van der Waals surface area contributed by atoms with E-state index in [0.29, 0.717) is 6.07 Å². The molecule has 0 saturated heterocycles. The van der Waals surface area contributed by atoms with E-state index in [1.54, 1.807) is 0 Å². The molecule has 1 heterocycles. The van der Waals surface area contributed by atoms with Gasteiger partial charge in [-0.25, -0.2) is 4.98 Å². The first kappa shape index (κ1) is 18.7. The molecule has 0 atom stereocenters. The number of pyridine rings is 1. The molecule has 22 heavy (non-hydrogen) atoms. The van der Waals surface area contributed by atoms with Gasteiger partial charge in [0.2, 0.25) is 0 Å². The summed E-state index contributed by atoms with van der Waals surface area (Å²) < 4.78 is 102. The third-order valence-electron chi connectivity index (χ3n) is 2.47. The monoisotopic (exact) mass is 377 g/mol. The van der Waals surface area contributed by atoms with Gasteiger partial charge in [-0.1, -0.05) is 43.2 Å². The number of benzene rings is 1. The van der Waals surface area contributed by atoms with Gasteiger partial charge in [0.05, 0.1) is 16.1 Å². The normalized spacial score (nSPS) is 15.9. The van der Waals surface area contributed by atoms with Crippen LogP contribution in [0.1, 0.15) is 5.56 Å². The Morgan fingerprint density at radius 3 is 2.00 bits per heavy atom. The summed E-state index contributed by atoms with van der Waals surface area (Å²) in [5.74, 6) is 0. The fourth-order valence-corrected chi connectivity index (χ4v) is 2.54. The highest BCUT2D eigenvalue weighted by Gasteiger charge is 2.67. The smallest absolute Gasteiger partial charge is 0.269 e. The summed E-state index contributed by atoms with van der Waals surface area (Å²) in [7, 11) is -10.2. The van der Waals surface area contributed by atoms with E-state index < -0.39 is 42.9 Å². The number of halogens is 10. The molecule has 0 saturated carbocycles. The molecule has 2 rings (SSSR count). The number of para-hydroxylation sites is 1. The lowest BCUT2D eigenvalue weighted by Crippen LogP contribution is -2.11. The first-order valence-corrected chi connectivity index (χ1v) is 7.33. The van der Waals surface area contributed by atoms with E-state index in [1.165, 1.54) is 0 Å². The Bertz CT molecular complexity index is 738. The van der Waals surface area contributed by atoms with Gasteiger partial charge < -0.3 is 0 Å². The standard InChI is InChI=1S/C10H4ClF8NS.FH/c11-7-4-8(21(15,16,17,18)19)20-9-5(7)2-1-3-6(9)10(12,13)14;/h1-4H;1H. The lowest BCUT2D eigenvalue weighted by Gasteiger charge is -2.39. The van der Waals surface area contributed by atoms with E-state index in [-0.39, 0.29) is 10.8 Å². The number of hydrogen-bond donors (Lipinski definition) is 0. The van der Waals surface area contributed by atoms with Crippen molar-refractivity contribution in [2.24, 2.45) is 0 Å². The van der Waals surface area contributed by atoms with Crippen molar-refractivity contribution < 1.29 is 37.3 Å². The van der Waals surface area contributed by atoms with E-state index in [4.69, 9.17) is 11.6 Å². The summed E-state index contributed by atoms with van der Waals surface area (Å²) in [5, 5.41) is -4.10. The van der Waals surface area contributed by atoms with Gasteiger partial charge in [0.25, 0.3) is 0 Å². The second kappa shape index (κ2) is 4.34. The van der Waals surface area contributed by atoms with Crippen LogP contribution in [0.3, 0.4) is 0 Å². The molecule has 0 spiro atoms. The van der Waals surface area contributed by atoms with Gasteiger partial charge in [-0.3, -0.25) is 4.70 Å². The maximum atomic E-state index is 12.7. The average Bonchev–Trinajstić information content (AvgIpc) is 2.23. The molecule has 1 aromatic carbocycles. The molecule has 1 nitrogen and oxygen atoms in total. The van der Waals surface area contributed by atoms with Crippen LogP contribution in [-0.4, -0.2) is 4.98 Å². The molecule has 0 radical (unpaired) electrons. The quantitative estimate of drug-likeness (QED) is 0.503. The van der Waals surface area contributed by atoms with Crippen molar-refractivity contribution in [2.75, 3.05) is 0 Å². The fourth-order valence-electron chi connectivity index (χ4n) is 1.61. The second-order valence-electron chi connectivity index (χ2n) is 4.11. The number of hydrogen-bond acceptors (Lipinski definition) is 1. The second-order valence-corrected chi connectivity index (χ2v) is 6.87. The number of nitrogens with zero attached hydrogens (tertiary/aromatic N) is 1. The van der Waals surface area contributed by atoms with Crippen LogP contribution in [0.5, 0.6) is 0 Å². The van der Waals surface area contributed by atoms with E-state index in [9.17, 15) is 32.6 Å². The van der Waals surface area contributed by atoms with Crippen LogP contribution in [0.15, 0.2) is 29.3 Å². The van der Waals surface area contributed by atoms with Crippen LogP contribution in [0.25, 0.3) is 10.9 Å². The predicted octanol–water partition coefficient (Wildman–Crippen LogP) is 6.72. The van der Waals surface area contributed by atoms with Gasteiger partial charge in [-0.15, -0.1) is 0 Å². The minimum Gasteiger partial charge on any atom is -0.269 e. The number of alkyl halides is 3. The first-order valence-electron chi connectivity index (χ1n) is 5.00. The van der Waals surface area contributed by atoms with Gasteiger partial charge >= 0.3 is 16.4 Å². The first-order chi connectivity index (χ1) is 9.09. The summed E-state index contributed by atoms with van der Waals surface area (Å²) in [6.07, 6.45) is -5.06. The minimum atomic E-state index is -10.2. The van der Waals surface area contributed by atoms with Crippen LogP contribution in [0, 0.1) is 0 Å². The Labute approximate surface area is 122 Å². The zero-order valence-electron chi connectivity index (χ0n) is 9.97. The molecular formula is C10H5ClF9NS. The highest BCUT2D eigenvalue weighted by atomic mass is 35.5. The van der Waals surface area contributed by atoms with Crippen molar-refractivity contribution in [3.63, 3.8) is 0 Å². The van der Waals surface area contributed by atoms with Gasteiger partial charge in [0.15, 0.2) is 5.03 Å². The summed E-state index contributed by atoms with van der Waals surface area (Å²) in [6.45, 7) is 0. The van der Waals surface area contributed by atoms with Gasteiger partial charge in [-0.05, 0) is 12.1 Å². The fraction of sp³-hybridized carbons (Fsp3) is 0.100. The van der Waals surface area contributed by atoms with Crippen molar-refractivity contribution >= 4 is 32.7 Å². The van der Waals surface area contributed by atoms with Crippen LogP contribution < -0.4 is 0 Å². The van der Waals surface area contributed by atoms with Gasteiger partial charge in [-0.2, -0.15) is 13.2 Å². The van der Waals surface area contributed by atoms with Crippen LogP contribution in [-0.2, 0) is 6.18 Å². The molecule has 0 aliphatic heterocycles. The summed E-state index contributed by atoms with van der Waals surface area (Å²) in [6, 6.07) is 2.10. The predicted molar refractivity (Wildman–Crippen MR) is 65.7 cm³/mol. The van der Waals surface area contributed by atoms with E-state index in [0.717, 1.165) is 12.1 Å². The van der Waals surface area contributed by atoms with E-state index >= 15 is 0 Å². The largest absolute Gasteiger partial charge is 0.418 e. The van der Waals surface area contributed by atoms with Crippen molar-refractivity contribution in [2.45, 2.75) is 11.2 Å². The topological polar surface area (TPSA) is 12.9 Å². The number of rotatable bonds is 1. The SMILES string of the molecule is F.FC(F)(F)c1cccc2c(Cl)cc(S(F)(F)(F)(F)F)nc12. The zero-order chi connectivity index (χ0) is 16.3. The minimum absolute atomic E-state index is 0. The average molecular weight is 378 g/mol. The van der Waals surface area contributed by atoms with Crippen molar-refractivity contribution in [3.8, 4) is 0 Å².